The predicted octanol–water partition coefficient (Wildman–Crippen LogP) is 3.20. The molecule has 118 valence electrons. The van der Waals surface area contributed by atoms with E-state index in [2.05, 4.69) is 4.90 Å². The van der Waals surface area contributed by atoms with Gasteiger partial charge in [0.2, 0.25) is 0 Å². The summed E-state index contributed by atoms with van der Waals surface area (Å²) in [6.45, 7) is 2.22. The van der Waals surface area contributed by atoms with Gasteiger partial charge in [-0.15, -0.1) is 0 Å². The highest BCUT2D eigenvalue weighted by Crippen LogP contribution is 2.38. The number of benzene rings is 1. The van der Waals surface area contributed by atoms with Crippen LogP contribution in [-0.4, -0.2) is 31.6 Å². The number of nitrogens with two attached hydrogens (primary N) is 1. The lowest BCUT2D eigenvalue weighted by molar-refractivity contribution is -0.137. The van der Waals surface area contributed by atoms with Crippen molar-refractivity contribution in [3.63, 3.8) is 0 Å². The summed E-state index contributed by atoms with van der Waals surface area (Å²) in [7, 11) is 1.48. The second-order valence-corrected chi connectivity index (χ2v) is 5.29. The van der Waals surface area contributed by atoms with Crippen LogP contribution in [0.25, 0.3) is 0 Å². The van der Waals surface area contributed by atoms with Gasteiger partial charge in [-0.05, 0) is 57.1 Å². The van der Waals surface area contributed by atoms with Crippen LogP contribution in [0.3, 0.4) is 0 Å². The monoisotopic (exact) mass is 302 g/mol. The zero-order chi connectivity index (χ0) is 15.5. The maximum Gasteiger partial charge on any atom is 0.416 e. The summed E-state index contributed by atoms with van der Waals surface area (Å²) in [4.78, 5) is 2.20. The van der Waals surface area contributed by atoms with Gasteiger partial charge >= 0.3 is 6.18 Å². The third-order valence-electron chi connectivity index (χ3n) is 3.94. The fraction of sp³-hybridized carbons (Fsp3) is 0.600. The molecule has 0 bridgehead atoms. The van der Waals surface area contributed by atoms with E-state index in [0.717, 1.165) is 32.0 Å². The van der Waals surface area contributed by atoms with Crippen molar-refractivity contribution in [2.75, 3.05) is 26.7 Å². The van der Waals surface area contributed by atoms with E-state index in [1.807, 2.05) is 0 Å². The first-order valence-electron chi connectivity index (χ1n) is 7.16. The van der Waals surface area contributed by atoms with E-state index in [9.17, 15) is 13.2 Å². The zero-order valence-electron chi connectivity index (χ0n) is 12.1. The highest BCUT2D eigenvalue weighted by Gasteiger charge is 2.33. The van der Waals surface area contributed by atoms with Crippen LogP contribution in [0, 0.1) is 0 Å². The first kappa shape index (κ1) is 16.1. The molecule has 1 aromatic carbocycles. The Morgan fingerprint density at radius 2 is 1.95 bits per heavy atom. The van der Waals surface area contributed by atoms with Gasteiger partial charge < -0.3 is 10.5 Å². The molecule has 1 aliphatic rings. The molecule has 1 unspecified atom stereocenters. The Morgan fingerprint density at radius 1 is 1.29 bits per heavy atom. The van der Waals surface area contributed by atoms with E-state index in [4.69, 9.17) is 10.5 Å². The summed E-state index contributed by atoms with van der Waals surface area (Å²) in [6.07, 6.45) is -1.58. The number of methoxy groups -OCH3 is 1. The summed E-state index contributed by atoms with van der Waals surface area (Å²) < 4.78 is 44.1. The van der Waals surface area contributed by atoms with Gasteiger partial charge in [-0.3, -0.25) is 4.90 Å². The Kier molecular flexibility index (Phi) is 5.11. The molecule has 0 spiro atoms. The number of nitrogens with zero attached hydrogens (tertiary/aromatic N) is 1. The minimum Gasteiger partial charge on any atom is -0.496 e. The zero-order valence-corrected chi connectivity index (χ0v) is 12.1. The van der Waals surface area contributed by atoms with Gasteiger partial charge in [0.1, 0.15) is 5.75 Å². The molecule has 1 aromatic rings. The summed E-state index contributed by atoms with van der Waals surface area (Å²) in [5, 5.41) is 0. The fourth-order valence-corrected chi connectivity index (χ4v) is 2.92. The van der Waals surface area contributed by atoms with E-state index < -0.39 is 11.7 Å². The molecule has 0 radical (unpaired) electrons. The van der Waals surface area contributed by atoms with Gasteiger partial charge in [-0.25, -0.2) is 0 Å². The van der Waals surface area contributed by atoms with Crippen LogP contribution >= 0.6 is 0 Å². The third-order valence-corrected chi connectivity index (χ3v) is 3.94. The average molecular weight is 302 g/mol. The quantitative estimate of drug-likeness (QED) is 0.908. The molecule has 1 saturated heterocycles. The molecule has 0 amide bonds. The summed E-state index contributed by atoms with van der Waals surface area (Å²) in [5.41, 5.74) is 5.60. The molecule has 6 heteroatoms. The van der Waals surface area contributed by atoms with Crippen molar-refractivity contribution in [3.8, 4) is 5.75 Å². The number of hydrogen-bond donors (Lipinski definition) is 1. The molecule has 2 rings (SSSR count). The summed E-state index contributed by atoms with van der Waals surface area (Å²) in [5.74, 6) is 0.494. The number of rotatable bonds is 5. The molecule has 2 N–H and O–H groups in total. The Morgan fingerprint density at radius 3 is 2.48 bits per heavy atom. The van der Waals surface area contributed by atoms with Gasteiger partial charge in [0.15, 0.2) is 0 Å². The summed E-state index contributed by atoms with van der Waals surface area (Å²) in [6, 6.07) is 3.55. The van der Waals surface area contributed by atoms with Crippen LogP contribution < -0.4 is 10.5 Å². The lowest BCUT2D eigenvalue weighted by Gasteiger charge is -2.29. The number of hydrogen-bond acceptors (Lipinski definition) is 3. The lowest BCUT2D eigenvalue weighted by Crippen LogP contribution is -2.28. The third kappa shape index (κ3) is 3.68. The predicted molar refractivity (Wildman–Crippen MR) is 75.2 cm³/mol. The van der Waals surface area contributed by atoms with E-state index in [1.54, 1.807) is 0 Å². The smallest absolute Gasteiger partial charge is 0.416 e. The van der Waals surface area contributed by atoms with Gasteiger partial charge in [0, 0.05) is 11.6 Å². The number of likely N-dealkylation sites (tertiary alicyclic amines) is 1. The standard InChI is InChI=1S/C15H21F3N2O/c1-21-14-5-4-11(15(16,17)18)10-12(14)13(6-7-19)20-8-2-3-9-20/h4-5,10,13H,2-3,6-9,19H2,1H3. The Labute approximate surface area is 122 Å². The van der Waals surface area contributed by atoms with Crippen molar-refractivity contribution in [1.29, 1.82) is 0 Å². The largest absolute Gasteiger partial charge is 0.496 e. The van der Waals surface area contributed by atoms with Crippen LogP contribution in [0.5, 0.6) is 5.75 Å². The van der Waals surface area contributed by atoms with E-state index in [1.165, 1.54) is 19.2 Å². The minimum absolute atomic E-state index is 0.116. The molecule has 1 atom stereocenters. The molecular weight excluding hydrogens is 281 g/mol. The Hall–Kier alpha value is -1.27. The molecule has 0 aromatic heterocycles. The molecule has 21 heavy (non-hydrogen) atoms. The van der Waals surface area contributed by atoms with Gasteiger partial charge in [0.25, 0.3) is 0 Å². The molecule has 1 heterocycles. The van der Waals surface area contributed by atoms with Crippen molar-refractivity contribution in [3.05, 3.63) is 29.3 Å². The fourth-order valence-electron chi connectivity index (χ4n) is 2.92. The van der Waals surface area contributed by atoms with E-state index >= 15 is 0 Å². The highest BCUT2D eigenvalue weighted by atomic mass is 19.4. The van der Waals surface area contributed by atoms with Gasteiger partial charge in [0.05, 0.1) is 12.7 Å². The topological polar surface area (TPSA) is 38.5 Å². The van der Waals surface area contributed by atoms with Crippen molar-refractivity contribution in [1.82, 2.24) is 4.90 Å². The van der Waals surface area contributed by atoms with Crippen LogP contribution in [0.15, 0.2) is 18.2 Å². The molecule has 0 saturated carbocycles. The van der Waals surface area contributed by atoms with Crippen LogP contribution in [0.1, 0.15) is 36.4 Å². The number of ether oxygens (including phenoxy) is 1. The molecule has 1 fully saturated rings. The first-order valence-corrected chi connectivity index (χ1v) is 7.16. The maximum atomic E-state index is 13.0. The summed E-state index contributed by atoms with van der Waals surface area (Å²) >= 11 is 0. The van der Waals surface area contributed by atoms with Gasteiger partial charge in [-0.2, -0.15) is 13.2 Å². The SMILES string of the molecule is COc1ccc(C(F)(F)F)cc1C(CCN)N1CCCC1. The minimum atomic E-state index is -4.35. The lowest BCUT2D eigenvalue weighted by atomic mass is 9.98. The average Bonchev–Trinajstić information content (AvgIpc) is 2.97. The number of halogens is 3. The first-order chi connectivity index (χ1) is 9.97. The second kappa shape index (κ2) is 6.66. The normalized spacial score (nSPS) is 18.0. The van der Waals surface area contributed by atoms with E-state index in [0.29, 0.717) is 24.3 Å². The molecule has 3 nitrogen and oxygen atoms in total. The van der Waals surface area contributed by atoms with Crippen molar-refractivity contribution < 1.29 is 17.9 Å². The van der Waals surface area contributed by atoms with Crippen molar-refractivity contribution in [2.24, 2.45) is 5.73 Å². The Bertz CT molecular complexity index is 470. The molecule has 0 aliphatic carbocycles. The van der Waals surface area contributed by atoms with Crippen molar-refractivity contribution in [2.45, 2.75) is 31.5 Å². The van der Waals surface area contributed by atoms with E-state index in [-0.39, 0.29) is 6.04 Å². The van der Waals surface area contributed by atoms with Crippen LogP contribution in [0.4, 0.5) is 13.2 Å². The van der Waals surface area contributed by atoms with Crippen LogP contribution in [0.2, 0.25) is 0 Å². The van der Waals surface area contributed by atoms with Crippen LogP contribution in [-0.2, 0) is 6.18 Å². The number of alkyl halides is 3. The van der Waals surface area contributed by atoms with Crippen molar-refractivity contribution >= 4 is 0 Å². The second-order valence-electron chi connectivity index (χ2n) is 5.29. The van der Waals surface area contributed by atoms with Gasteiger partial charge in [-0.1, -0.05) is 0 Å². The Balaban J connectivity index is 2.41. The molecule has 1 aliphatic heterocycles. The molecular formula is C15H21F3N2O. The maximum absolute atomic E-state index is 13.0. The highest BCUT2D eigenvalue weighted by molar-refractivity contribution is 5.40.